The van der Waals surface area contributed by atoms with Crippen LogP contribution in [0.15, 0.2) is 6.20 Å². The Hall–Kier alpha value is -1.23. The molecule has 0 radical (unpaired) electrons. The molecule has 1 fully saturated rings. The summed E-state index contributed by atoms with van der Waals surface area (Å²) in [7, 11) is 1.94. The van der Waals surface area contributed by atoms with Crippen molar-refractivity contribution in [3.05, 3.63) is 6.20 Å². The lowest BCUT2D eigenvalue weighted by atomic mass is 10.4. The zero-order valence-corrected chi connectivity index (χ0v) is 7.82. The Morgan fingerprint density at radius 1 is 1.46 bits per heavy atom. The first kappa shape index (κ1) is 8.37. The van der Waals surface area contributed by atoms with E-state index in [1.807, 2.05) is 11.6 Å². The highest BCUT2D eigenvalue weighted by molar-refractivity contribution is 5.42. The van der Waals surface area contributed by atoms with Crippen LogP contribution in [0.5, 0.6) is 0 Å². The van der Waals surface area contributed by atoms with Gasteiger partial charge in [0.2, 0.25) is 5.95 Å². The molecule has 5 heteroatoms. The maximum Gasteiger partial charge on any atom is 0.206 e. The van der Waals surface area contributed by atoms with Crippen molar-refractivity contribution in [2.24, 2.45) is 7.05 Å². The minimum Gasteiger partial charge on any atom is -0.384 e. The molecule has 0 saturated carbocycles. The minimum atomic E-state index is 0.716. The molecule has 0 aliphatic carbocycles. The van der Waals surface area contributed by atoms with E-state index in [1.54, 1.807) is 6.20 Å². The topological polar surface area (TPSA) is 59.1 Å². The fraction of sp³-hybridized carbons (Fsp3) is 0.625. The average molecular weight is 181 g/mol. The van der Waals surface area contributed by atoms with E-state index in [-0.39, 0.29) is 0 Å². The number of nitrogen functional groups attached to an aromatic ring is 1. The summed E-state index contributed by atoms with van der Waals surface area (Å²) in [6.45, 7) is 4.05. The SMILES string of the molecule is Cn1c(N)cnc1N1CCNCC1. The van der Waals surface area contributed by atoms with E-state index in [1.165, 1.54) is 0 Å². The normalized spacial score (nSPS) is 17.8. The number of nitrogens with zero attached hydrogens (tertiary/aromatic N) is 3. The Morgan fingerprint density at radius 3 is 2.69 bits per heavy atom. The number of hydrogen-bond donors (Lipinski definition) is 2. The lowest BCUT2D eigenvalue weighted by Gasteiger charge is -2.28. The van der Waals surface area contributed by atoms with Crippen LogP contribution in [0.2, 0.25) is 0 Å². The van der Waals surface area contributed by atoms with Crippen molar-refractivity contribution >= 4 is 11.8 Å². The molecule has 0 unspecified atom stereocenters. The molecule has 0 atom stereocenters. The van der Waals surface area contributed by atoms with Gasteiger partial charge in [0, 0.05) is 33.2 Å². The average Bonchev–Trinajstić information content (AvgIpc) is 2.49. The molecule has 1 aromatic rings. The number of rotatable bonds is 1. The van der Waals surface area contributed by atoms with Crippen LogP contribution in [0.3, 0.4) is 0 Å². The molecule has 2 rings (SSSR count). The molecular weight excluding hydrogens is 166 g/mol. The maximum atomic E-state index is 5.71. The number of nitrogens with two attached hydrogens (primary N) is 1. The van der Waals surface area contributed by atoms with Crippen LogP contribution in [-0.4, -0.2) is 35.7 Å². The quantitative estimate of drug-likeness (QED) is 0.608. The molecule has 0 spiro atoms. The van der Waals surface area contributed by atoms with Crippen molar-refractivity contribution < 1.29 is 0 Å². The molecule has 0 bridgehead atoms. The summed E-state index contributed by atoms with van der Waals surface area (Å²) in [6.07, 6.45) is 1.71. The fourth-order valence-electron chi connectivity index (χ4n) is 1.57. The van der Waals surface area contributed by atoms with E-state index in [9.17, 15) is 0 Å². The van der Waals surface area contributed by atoms with Crippen molar-refractivity contribution in [1.29, 1.82) is 0 Å². The van der Waals surface area contributed by atoms with Gasteiger partial charge in [0.25, 0.3) is 0 Å². The third-order valence-electron chi connectivity index (χ3n) is 2.40. The first-order chi connectivity index (χ1) is 6.29. The first-order valence-corrected chi connectivity index (χ1v) is 4.52. The van der Waals surface area contributed by atoms with Gasteiger partial charge in [-0.3, -0.25) is 0 Å². The summed E-state index contributed by atoms with van der Waals surface area (Å²) >= 11 is 0. The summed E-state index contributed by atoms with van der Waals surface area (Å²) in [5.41, 5.74) is 5.71. The molecule has 1 aliphatic heterocycles. The van der Waals surface area contributed by atoms with Gasteiger partial charge in [0.15, 0.2) is 0 Å². The molecule has 2 heterocycles. The lowest BCUT2D eigenvalue weighted by molar-refractivity contribution is 0.574. The number of hydrogen-bond acceptors (Lipinski definition) is 4. The summed E-state index contributed by atoms with van der Waals surface area (Å²) in [4.78, 5) is 6.52. The van der Waals surface area contributed by atoms with Gasteiger partial charge in [-0.15, -0.1) is 0 Å². The number of imidazole rings is 1. The minimum absolute atomic E-state index is 0.716. The van der Waals surface area contributed by atoms with E-state index >= 15 is 0 Å². The number of anilines is 2. The van der Waals surface area contributed by atoms with Crippen LogP contribution < -0.4 is 16.0 Å². The van der Waals surface area contributed by atoms with Gasteiger partial charge in [-0.2, -0.15) is 0 Å². The van der Waals surface area contributed by atoms with Crippen LogP contribution in [0.4, 0.5) is 11.8 Å². The summed E-state index contributed by atoms with van der Waals surface area (Å²) < 4.78 is 1.92. The largest absolute Gasteiger partial charge is 0.384 e. The monoisotopic (exact) mass is 181 g/mol. The Kier molecular flexibility index (Phi) is 2.10. The van der Waals surface area contributed by atoms with Gasteiger partial charge in [0.05, 0.1) is 6.20 Å². The Morgan fingerprint density at radius 2 is 2.15 bits per heavy atom. The Balaban J connectivity index is 2.18. The molecule has 72 valence electrons. The van der Waals surface area contributed by atoms with Crippen LogP contribution in [0.1, 0.15) is 0 Å². The Bertz CT molecular complexity index is 287. The van der Waals surface area contributed by atoms with Crippen LogP contribution >= 0.6 is 0 Å². The third kappa shape index (κ3) is 1.47. The van der Waals surface area contributed by atoms with Gasteiger partial charge >= 0.3 is 0 Å². The van der Waals surface area contributed by atoms with Gasteiger partial charge in [-0.1, -0.05) is 0 Å². The first-order valence-electron chi connectivity index (χ1n) is 4.52. The highest BCUT2D eigenvalue weighted by atomic mass is 15.3. The van der Waals surface area contributed by atoms with Crippen LogP contribution in [-0.2, 0) is 7.05 Å². The zero-order valence-electron chi connectivity index (χ0n) is 7.82. The van der Waals surface area contributed by atoms with E-state index < -0.39 is 0 Å². The number of aromatic nitrogens is 2. The van der Waals surface area contributed by atoms with Gasteiger partial charge in [0.1, 0.15) is 5.82 Å². The molecule has 1 aromatic heterocycles. The predicted molar refractivity (Wildman–Crippen MR) is 52.7 cm³/mol. The van der Waals surface area contributed by atoms with Crippen molar-refractivity contribution in [3.63, 3.8) is 0 Å². The fourth-order valence-corrected chi connectivity index (χ4v) is 1.57. The van der Waals surface area contributed by atoms with E-state index in [4.69, 9.17) is 5.73 Å². The standard InChI is InChI=1S/C8H15N5/c1-12-7(9)6-11-8(12)13-4-2-10-3-5-13/h6,10H,2-5,9H2,1H3. The summed E-state index contributed by atoms with van der Waals surface area (Å²) in [6, 6.07) is 0. The van der Waals surface area contributed by atoms with Crippen LogP contribution in [0, 0.1) is 0 Å². The van der Waals surface area contributed by atoms with Crippen molar-refractivity contribution in [3.8, 4) is 0 Å². The second-order valence-electron chi connectivity index (χ2n) is 3.28. The van der Waals surface area contributed by atoms with Crippen LogP contribution in [0.25, 0.3) is 0 Å². The van der Waals surface area contributed by atoms with Gasteiger partial charge in [-0.25, -0.2) is 4.98 Å². The second-order valence-corrected chi connectivity index (χ2v) is 3.28. The number of nitrogens with one attached hydrogen (secondary N) is 1. The van der Waals surface area contributed by atoms with E-state index in [0.29, 0.717) is 5.82 Å². The molecule has 3 N–H and O–H groups in total. The smallest absolute Gasteiger partial charge is 0.206 e. The predicted octanol–water partition coefficient (Wildman–Crippen LogP) is -0.588. The lowest BCUT2D eigenvalue weighted by Crippen LogP contribution is -2.44. The van der Waals surface area contributed by atoms with Gasteiger partial charge < -0.3 is 20.5 Å². The molecule has 1 saturated heterocycles. The van der Waals surface area contributed by atoms with E-state index in [2.05, 4.69) is 15.2 Å². The molecule has 0 amide bonds. The van der Waals surface area contributed by atoms with Crippen molar-refractivity contribution in [1.82, 2.24) is 14.9 Å². The highest BCUT2D eigenvalue weighted by Crippen LogP contribution is 2.14. The van der Waals surface area contributed by atoms with Gasteiger partial charge in [-0.05, 0) is 0 Å². The molecule has 1 aliphatic rings. The maximum absolute atomic E-state index is 5.71. The molecular formula is C8H15N5. The second kappa shape index (κ2) is 3.26. The van der Waals surface area contributed by atoms with Crippen molar-refractivity contribution in [2.45, 2.75) is 0 Å². The summed E-state index contributed by atoms with van der Waals surface area (Å²) in [5.74, 6) is 1.69. The highest BCUT2D eigenvalue weighted by Gasteiger charge is 2.14. The zero-order chi connectivity index (χ0) is 9.26. The molecule has 13 heavy (non-hydrogen) atoms. The van der Waals surface area contributed by atoms with Crippen molar-refractivity contribution in [2.75, 3.05) is 36.8 Å². The molecule has 0 aromatic carbocycles. The number of piperazine rings is 1. The summed E-state index contributed by atoms with van der Waals surface area (Å²) in [5, 5.41) is 3.30. The Labute approximate surface area is 77.5 Å². The third-order valence-corrected chi connectivity index (χ3v) is 2.40. The molecule has 5 nitrogen and oxygen atoms in total. The van der Waals surface area contributed by atoms with E-state index in [0.717, 1.165) is 32.1 Å².